The number of hydrogen-bond donors (Lipinski definition) is 2. The van der Waals surface area contributed by atoms with Gasteiger partial charge in [0.2, 0.25) is 0 Å². The van der Waals surface area contributed by atoms with Crippen molar-refractivity contribution in [3.8, 4) is 0 Å². The van der Waals surface area contributed by atoms with E-state index in [4.69, 9.17) is 0 Å². The van der Waals surface area contributed by atoms with Crippen LogP contribution in [0.4, 0.5) is 4.39 Å². The SMILES string of the molecule is CCC[C@H]1CCC[C@@H]([C@H](O)c2cccc(F)c2)N1.Cl. The third kappa shape index (κ3) is 4.44. The van der Waals surface area contributed by atoms with Crippen LogP contribution in [0.2, 0.25) is 0 Å². The fourth-order valence-electron chi connectivity index (χ4n) is 2.80. The topological polar surface area (TPSA) is 32.3 Å². The molecular weight excluding hydrogens is 265 g/mol. The van der Waals surface area contributed by atoms with E-state index in [2.05, 4.69) is 12.2 Å². The summed E-state index contributed by atoms with van der Waals surface area (Å²) in [6.45, 7) is 2.17. The summed E-state index contributed by atoms with van der Waals surface area (Å²) in [6, 6.07) is 6.83. The molecule has 2 rings (SSSR count). The number of aliphatic hydroxyl groups is 1. The van der Waals surface area contributed by atoms with Gasteiger partial charge in [0.15, 0.2) is 0 Å². The lowest BCUT2D eigenvalue weighted by molar-refractivity contribution is 0.0995. The number of nitrogens with one attached hydrogen (secondary N) is 1. The Kier molecular flexibility index (Phi) is 6.76. The molecule has 0 unspecified atom stereocenters. The number of rotatable bonds is 4. The molecule has 1 aromatic rings. The normalized spacial score (nSPS) is 24.6. The number of halogens is 2. The van der Waals surface area contributed by atoms with Crippen molar-refractivity contribution in [3.63, 3.8) is 0 Å². The van der Waals surface area contributed by atoms with Crippen molar-refractivity contribution in [1.82, 2.24) is 5.32 Å². The van der Waals surface area contributed by atoms with Crippen molar-refractivity contribution < 1.29 is 9.50 Å². The van der Waals surface area contributed by atoms with E-state index in [-0.39, 0.29) is 24.3 Å². The maximum absolute atomic E-state index is 13.2. The van der Waals surface area contributed by atoms with Gasteiger partial charge in [-0.2, -0.15) is 0 Å². The first-order valence-electron chi connectivity index (χ1n) is 6.90. The van der Waals surface area contributed by atoms with Gasteiger partial charge in [0, 0.05) is 12.1 Å². The molecule has 2 nitrogen and oxygen atoms in total. The zero-order valence-corrected chi connectivity index (χ0v) is 12.1. The van der Waals surface area contributed by atoms with Crippen LogP contribution in [0, 0.1) is 5.82 Å². The third-order valence-corrected chi connectivity index (χ3v) is 3.73. The molecule has 1 saturated heterocycles. The van der Waals surface area contributed by atoms with Crippen LogP contribution < -0.4 is 5.32 Å². The highest BCUT2D eigenvalue weighted by Crippen LogP contribution is 2.26. The van der Waals surface area contributed by atoms with Crippen molar-refractivity contribution in [2.45, 2.75) is 57.2 Å². The molecule has 108 valence electrons. The predicted molar refractivity (Wildman–Crippen MR) is 78.1 cm³/mol. The van der Waals surface area contributed by atoms with Gasteiger partial charge in [-0.15, -0.1) is 12.4 Å². The van der Waals surface area contributed by atoms with E-state index in [1.807, 2.05) is 0 Å². The summed E-state index contributed by atoms with van der Waals surface area (Å²) in [5.74, 6) is -0.285. The molecule has 1 aromatic carbocycles. The first-order valence-corrected chi connectivity index (χ1v) is 6.90. The molecule has 2 N–H and O–H groups in total. The van der Waals surface area contributed by atoms with Crippen molar-refractivity contribution in [2.75, 3.05) is 0 Å². The lowest BCUT2D eigenvalue weighted by Crippen LogP contribution is -2.45. The molecule has 1 heterocycles. The van der Waals surface area contributed by atoms with Crippen LogP contribution in [-0.4, -0.2) is 17.2 Å². The summed E-state index contributed by atoms with van der Waals surface area (Å²) < 4.78 is 13.2. The largest absolute Gasteiger partial charge is 0.387 e. The van der Waals surface area contributed by atoms with Crippen LogP contribution in [0.15, 0.2) is 24.3 Å². The number of aliphatic hydroxyl groups excluding tert-OH is 1. The predicted octanol–water partition coefficient (Wildman–Crippen LogP) is 3.59. The Hall–Kier alpha value is -0.640. The van der Waals surface area contributed by atoms with Crippen molar-refractivity contribution >= 4 is 12.4 Å². The van der Waals surface area contributed by atoms with E-state index in [1.165, 1.54) is 18.6 Å². The monoisotopic (exact) mass is 287 g/mol. The Balaban J connectivity index is 0.00000180. The Morgan fingerprint density at radius 2 is 2.21 bits per heavy atom. The molecule has 0 amide bonds. The molecular formula is C15H23ClFNO. The molecule has 1 aliphatic heterocycles. The second kappa shape index (κ2) is 7.83. The van der Waals surface area contributed by atoms with Crippen LogP contribution in [0.3, 0.4) is 0 Å². The van der Waals surface area contributed by atoms with Crippen molar-refractivity contribution in [1.29, 1.82) is 0 Å². The molecule has 19 heavy (non-hydrogen) atoms. The summed E-state index contributed by atoms with van der Waals surface area (Å²) in [5.41, 5.74) is 0.671. The molecule has 1 fully saturated rings. The van der Waals surface area contributed by atoms with Gasteiger partial charge in [0.1, 0.15) is 5.82 Å². The third-order valence-electron chi connectivity index (χ3n) is 3.73. The highest BCUT2D eigenvalue weighted by molar-refractivity contribution is 5.85. The summed E-state index contributed by atoms with van der Waals surface area (Å²) in [7, 11) is 0. The molecule has 1 aliphatic rings. The van der Waals surface area contributed by atoms with Gasteiger partial charge in [-0.05, 0) is 37.0 Å². The number of benzene rings is 1. The fraction of sp³-hybridized carbons (Fsp3) is 0.600. The maximum atomic E-state index is 13.2. The second-order valence-corrected chi connectivity index (χ2v) is 5.19. The van der Waals surface area contributed by atoms with Crippen molar-refractivity contribution in [2.24, 2.45) is 0 Å². The van der Waals surface area contributed by atoms with E-state index in [1.54, 1.807) is 12.1 Å². The Labute approximate surface area is 120 Å². The first-order chi connectivity index (χ1) is 8.70. The molecule has 0 radical (unpaired) electrons. The highest BCUT2D eigenvalue weighted by Gasteiger charge is 2.27. The number of hydrogen-bond acceptors (Lipinski definition) is 2. The average Bonchev–Trinajstić information content (AvgIpc) is 2.39. The highest BCUT2D eigenvalue weighted by atomic mass is 35.5. The Morgan fingerprint density at radius 1 is 1.42 bits per heavy atom. The smallest absolute Gasteiger partial charge is 0.123 e. The van der Waals surface area contributed by atoms with Gasteiger partial charge in [-0.1, -0.05) is 31.9 Å². The lowest BCUT2D eigenvalue weighted by Gasteiger charge is -2.34. The van der Waals surface area contributed by atoms with Crippen molar-refractivity contribution in [3.05, 3.63) is 35.6 Å². The van der Waals surface area contributed by atoms with E-state index in [9.17, 15) is 9.50 Å². The van der Waals surface area contributed by atoms with Gasteiger partial charge in [-0.3, -0.25) is 0 Å². The quantitative estimate of drug-likeness (QED) is 0.887. The molecule has 3 atom stereocenters. The summed E-state index contributed by atoms with van der Waals surface area (Å²) in [5, 5.41) is 13.8. The van der Waals surface area contributed by atoms with E-state index in [0.717, 1.165) is 25.7 Å². The second-order valence-electron chi connectivity index (χ2n) is 5.19. The van der Waals surface area contributed by atoms with Gasteiger partial charge in [0.05, 0.1) is 6.10 Å². The molecule has 0 aromatic heterocycles. The first kappa shape index (κ1) is 16.4. The minimum atomic E-state index is -0.611. The zero-order valence-electron chi connectivity index (χ0n) is 11.3. The molecule has 4 heteroatoms. The van der Waals surface area contributed by atoms with Crippen LogP contribution in [0.5, 0.6) is 0 Å². The van der Waals surface area contributed by atoms with Gasteiger partial charge < -0.3 is 10.4 Å². The van der Waals surface area contributed by atoms with Gasteiger partial charge >= 0.3 is 0 Å². The molecule has 0 spiro atoms. The molecule has 0 bridgehead atoms. The Bertz CT molecular complexity index is 386. The van der Waals surface area contributed by atoms with Gasteiger partial charge in [-0.25, -0.2) is 4.39 Å². The summed E-state index contributed by atoms with van der Waals surface area (Å²) >= 11 is 0. The summed E-state index contributed by atoms with van der Waals surface area (Å²) in [6.07, 6.45) is 4.96. The van der Waals surface area contributed by atoms with Gasteiger partial charge in [0.25, 0.3) is 0 Å². The van der Waals surface area contributed by atoms with Crippen LogP contribution in [0.25, 0.3) is 0 Å². The standard InChI is InChI=1S/C15H22FNO.ClH/c1-2-5-13-8-4-9-14(17-13)15(18)11-6-3-7-12(16)10-11;/h3,6-7,10,13-15,17-18H,2,4-5,8-9H2,1H3;1H/t13-,14-,15+;/m0./s1. The van der Waals surface area contributed by atoms with E-state index >= 15 is 0 Å². The molecule has 0 aliphatic carbocycles. The van der Waals surface area contributed by atoms with Crippen LogP contribution in [0.1, 0.15) is 50.7 Å². The zero-order chi connectivity index (χ0) is 13.0. The van der Waals surface area contributed by atoms with E-state index < -0.39 is 6.10 Å². The lowest BCUT2D eigenvalue weighted by atomic mass is 9.90. The minimum Gasteiger partial charge on any atom is -0.387 e. The van der Waals surface area contributed by atoms with Crippen LogP contribution >= 0.6 is 12.4 Å². The number of piperidine rings is 1. The minimum absolute atomic E-state index is 0. The molecule has 0 saturated carbocycles. The summed E-state index contributed by atoms with van der Waals surface area (Å²) in [4.78, 5) is 0. The Morgan fingerprint density at radius 3 is 2.89 bits per heavy atom. The maximum Gasteiger partial charge on any atom is 0.123 e. The average molecular weight is 288 g/mol. The van der Waals surface area contributed by atoms with E-state index in [0.29, 0.717) is 11.6 Å². The van der Waals surface area contributed by atoms with Crippen LogP contribution in [-0.2, 0) is 0 Å². The fourth-order valence-corrected chi connectivity index (χ4v) is 2.80.